The number of ether oxygens (including phenoxy) is 3. The third-order valence-corrected chi connectivity index (χ3v) is 11.1. The maximum atomic E-state index is 12.8. The van der Waals surface area contributed by atoms with E-state index in [1.54, 1.807) is 0 Å². The van der Waals surface area contributed by atoms with Crippen LogP contribution in [0.1, 0.15) is 239 Å². The molecule has 0 bridgehead atoms. The lowest BCUT2D eigenvalue weighted by molar-refractivity contribution is -0.167. The van der Waals surface area contributed by atoms with Crippen LogP contribution in [-0.2, 0) is 28.6 Å². The molecule has 0 heterocycles. The molecule has 0 spiro atoms. The van der Waals surface area contributed by atoms with Crippen molar-refractivity contribution in [1.82, 2.24) is 0 Å². The summed E-state index contributed by atoms with van der Waals surface area (Å²) in [5.74, 6) is -0.982. The number of hydrogen-bond donors (Lipinski definition) is 0. The molecule has 1 unspecified atom stereocenters. The van der Waals surface area contributed by atoms with Gasteiger partial charge in [-0.05, 0) is 116 Å². The molecule has 0 N–H and O–H groups in total. The predicted octanol–water partition coefficient (Wildman–Crippen LogP) is 17.8. The van der Waals surface area contributed by atoms with E-state index in [1.165, 1.54) is 89.9 Å². The van der Waals surface area contributed by atoms with Crippen LogP contribution in [0.25, 0.3) is 0 Å². The van der Waals surface area contributed by atoms with Gasteiger partial charge in [0.1, 0.15) is 13.2 Å². The average Bonchev–Trinajstić information content (AvgIpc) is 3.30. The summed E-state index contributed by atoms with van der Waals surface area (Å²) in [6.45, 7) is 6.34. The lowest BCUT2D eigenvalue weighted by Gasteiger charge is -2.18. The van der Waals surface area contributed by atoms with Gasteiger partial charge in [0, 0.05) is 19.3 Å². The minimum atomic E-state index is -0.812. The van der Waals surface area contributed by atoms with E-state index in [0.29, 0.717) is 19.3 Å². The summed E-state index contributed by atoms with van der Waals surface area (Å²) in [7, 11) is 0. The number of esters is 3. The predicted molar refractivity (Wildman–Crippen MR) is 279 cm³/mol. The first-order valence-corrected chi connectivity index (χ1v) is 26.7. The molecule has 370 valence electrons. The van der Waals surface area contributed by atoms with Crippen molar-refractivity contribution in [1.29, 1.82) is 0 Å². The molecule has 1 atom stereocenters. The van der Waals surface area contributed by atoms with Crippen LogP contribution in [0.15, 0.2) is 97.2 Å². The Hall–Kier alpha value is -3.67. The molecule has 0 radical (unpaired) electrons. The van der Waals surface area contributed by atoms with E-state index < -0.39 is 6.10 Å². The lowest BCUT2D eigenvalue weighted by atomic mass is 10.1. The summed E-state index contributed by atoms with van der Waals surface area (Å²) < 4.78 is 16.8. The largest absolute Gasteiger partial charge is 0.462 e. The smallest absolute Gasteiger partial charge is 0.306 e. The standard InChI is InChI=1S/C59H98O6/c1-4-7-10-13-16-19-22-25-27-28-29-30-32-34-37-40-43-46-49-52-58(61)64-55-56(54-63-57(60)51-48-45-42-39-36-33-24-21-18-15-12-9-6-3)65-59(62)53-50-47-44-41-38-35-31-26-23-20-17-14-11-8-5-2/h8-9,11-12,17-18,20-21,25-27,31,33,36,38,41,56H,4-7,10,13-16,19,22-24,28-30,32,34-35,37,39-40,42-55H2,1-3H3/b11-8-,12-9-,20-17-,21-18-,27-25-,31-26-,36-33-,41-38-. The molecule has 0 aliphatic rings. The molecule has 6 heteroatoms. The number of hydrogen-bond acceptors (Lipinski definition) is 6. The van der Waals surface area contributed by atoms with E-state index in [-0.39, 0.29) is 37.5 Å². The van der Waals surface area contributed by atoms with E-state index in [0.717, 1.165) is 103 Å². The van der Waals surface area contributed by atoms with Crippen LogP contribution in [0.5, 0.6) is 0 Å². The summed E-state index contributed by atoms with van der Waals surface area (Å²) >= 11 is 0. The second-order valence-electron chi connectivity index (χ2n) is 17.4. The van der Waals surface area contributed by atoms with Crippen LogP contribution < -0.4 is 0 Å². The Kier molecular flexibility index (Phi) is 50.0. The Morgan fingerprint density at radius 3 is 1.00 bits per heavy atom. The molecule has 0 aliphatic carbocycles. The highest BCUT2D eigenvalue weighted by atomic mass is 16.6. The number of rotatable bonds is 47. The topological polar surface area (TPSA) is 78.9 Å². The molecule has 0 fully saturated rings. The highest BCUT2D eigenvalue weighted by molar-refractivity contribution is 5.71. The summed E-state index contributed by atoms with van der Waals surface area (Å²) in [4.78, 5) is 38.0. The summed E-state index contributed by atoms with van der Waals surface area (Å²) in [6, 6.07) is 0. The third kappa shape index (κ3) is 51.2. The minimum absolute atomic E-state index is 0.105. The van der Waals surface area contributed by atoms with Crippen molar-refractivity contribution in [2.24, 2.45) is 0 Å². The van der Waals surface area contributed by atoms with Crippen LogP contribution in [0.2, 0.25) is 0 Å². The van der Waals surface area contributed by atoms with Gasteiger partial charge in [-0.1, -0.05) is 201 Å². The van der Waals surface area contributed by atoms with E-state index in [2.05, 4.69) is 118 Å². The average molecular weight is 903 g/mol. The van der Waals surface area contributed by atoms with Crippen molar-refractivity contribution in [2.45, 2.75) is 245 Å². The number of carbonyl (C=O) groups is 3. The molecule has 0 saturated heterocycles. The van der Waals surface area contributed by atoms with Crippen molar-refractivity contribution in [3.05, 3.63) is 97.2 Å². The van der Waals surface area contributed by atoms with Gasteiger partial charge in [-0.25, -0.2) is 0 Å². The molecule has 0 rings (SSSR count). The number of allylic oxidation sites excluding steroid dienone is 16. The zero-order chi connectivity index (χ0) is 47.2. The zero-order valence-electron chi connectivity index (χ0n) is 42.2. The van der Waals surface area contributed by atoms with Crippen LogP contribution in [0, 0.1) is 0 Å². The number of carbonyl (C=O) groups excluding carboxylic acids is 3. The van der Waals surface area contributed by atoms with Crippen LogP contribution >= 0.6 is 0 Å². The lowest BCUT2D eigenvalue weighted by Crippen LogP contribution is -2.30. The Labute approximate surface area is 400 Å². The van der Waals surface area contributed by atoms with Crippen LogP contribution in [0.3, 0.4) is 0 Å². The maximum Gasteiger partial charge on any atom is 0.306 e. The Morgan fingerprint density at radius 2 is 0.600 bits per heavy atom. The van der Waals surface area contributed by atoms with Gasteiger partial charge in [-0.15, -0.1) is 0 Å². The van der Waals surface area contributed by atoms with Gasteiger partial charge in [0.15, 0.2) is 6.10 Å². The van der Waals surface area contributed by atoms with Gasteiger partial charge in [0.25, 0.3) is 0 Å². The highest BCUT2D eigenvalue weighted by Gasteiger charge is 2.19. The Morgan fingerprint density at radius 1 is 0.323 bits per heavy atom. The molecular weight excluding hydrogens is 805 g/mol. The Balaban J connectivity index is 4.45. The van der Waals surface area contributed by atoms with E-state index in [9.17, 15) is 14.4 Å². The van der Waals surface area contributed by atoms with E-state index in [1.807, 2.05) is 0 Å². The normalized spacial score (nSPS) is 12.8. The fraction of sp³-hybridized carbons (Fsp3) is 0.678. The first kappa shape index (κ1) is 61.3. The van der Waals surface area contributed by atoms with Gasteiger partial charge in [-0.3, -0.25) is 14.4 Å². The maximum absolute atomic E-state index is 12.8. The summed E-state index contributed by atoms with van der Waals surface area (Å²) in [5, 5.41) is 0. The summed E-state index contributed by atoms with van der Waals surface area (Å²) in [6.07, 6.45) is 69.7. The molecule has 0 aromatic carbocycles. The van der Waals surface area contributed by atoms with Crippen LogP contribution in [0.4, 0.5) is 0 Å². The summed E-state index contributed by atoms with van der Waals surface area (Å²) in [5.41, 5.74) is 0. The molecule has 0 amide bonds. The van der Waals surface area contributed by atoms with Crippen LogP contribution in [-0.4, -0.2) is 37.2 Å². The monoisotopic (exact) mass is 903 g/mol. The number of unbranched alkanes of at least 4 members (excludes halogenated alkanes) is 20. The fourth-order valence-electron chi connectivity index (χ4n) is 7.09. The molecule has 0 aliphatic heterocycles. The first-order valence-electron chi connectivity index (χ1n) is 26.7. The van der Waals surface area contributed by atoms with Gasteiger partial charge >= 0.3 is 17.9 Å². The SMILES string of the molecule is CC/C=C\C/C=C\C/C=C\C/C=C\CCCCC(=O)OC(COC(=O)CCCCC/C=C\C/C=C\C/C=C\CC)COC(=O)CCCCCCCCCCC/C=C\CCCCCCCC. The van der Waals surface area contributed by atoms with Gasteiger partial charge in [0.2, 0.25) is 0 Å². The van der Waals surface area contributed by atoms with E-state index >= 15 is 0 Å². The van der Waals surface area contributed by atoms with Crippen molar-refractivity contribution < 1.29 is 28.6 Å². The zero-order valence-corrected chi connectivity index (χ0v) is 42.2. The van der Waals surface area contributed by atoms with Gasteiger partial charge in [0.05, 0.1) is 0 Å². The molecule has 0 aromatic heterocycles. The highest BCUT2D eigenvalue weighted by Crippen LogP contribution is 2.14. The molecule has 0 saturated carbocycles. The minimum Gasteiger partial charge on any atom is -0.462 e. The molecule has 65 heavy (non-hydrogen) atoms. The van der Waals surface area contributed by atoms with Crippen molar-refractivity contribution in [3.8, 4) is 0 Å². The van der Waals surface area contributed by atoms with Gasteiger partial charge < -0.3 is 14.2 Å². The van der Waals surface area contributed by atoms with E-state index in [4.69, 9.17) is 14.2 Å². The molecule has 0 aromatic rings. The molecule has 6 nitrogen and oxygen atoms in total. The third-order valence-electron chi connectivity index (χ3n) is 11.1. The second-order valence-corrected chi connectivity index (χ2v) is 17.4. The van der Waals surface area contributed by atoms with Crippen molar-refractivity contribution in [2.75, 3.05) is 13.2 Å². The second kappa shape index (κ2) is 52.9. The first-order chi connectivity index (χ1) is 32.0. The Bertz CT molecular complexity index is 1310. The fourth-order valence-corrected chi connectivity index (χ4v) is 7.09. The van der Waals surface area contributed by atoms with Crippen molar-refractivity contribution >= 4 is 17.9 Å². The quantitative estimate of drug-likeness (QED) is 0.0262. The molecular formula is C59H98O6. The van der Waals surface area contributed by atoms with Crippen molar-refractivity contribution in [3.63, 3.8) is 0 Å². The van der Waals surface area contributed by atoms with Gasteiger partial charge in [-0.2, -0.15) is 0 Å².